The van der Waals surface area contributed by atoms with Crippen LogP contribution in [0, 0.1) is 0 Å². The predicted octanol–water partition coefficient (Wildman–Crippen LogP) is 7.28. The summed E-state index contributed by atoms with van der Waals surface area (Å²) < 4.78 is 8.65. The molecule has 0 radical (unpaired) electrons. The van der Waals surface area contributed by atoms with Crippen molar-refractivity contribution >= 4 is 43.7 Å². The summed E-state index contributed by atoms with van der Waals surface area (Å²) in [6.45, 7) is 0. The molecule has 1 aliphatic rings. The van der Waals surface area contributed by atoms with E-state index >= 15 is 0 Å². The van der Waals surface area contributed by atoms with Crippen LogP contribution in [-0.2, 0) is 7.05 Å². The zero-order valence-corrected chi connectivity index (χ0v) is 15.7. The largest absolute Gasteiger partial charge is 0.456 e. The third kappa shape index (κ3) is 2.07. The summed E-state index contributed by atoms with van der Waals surface area (Å²) >= 11 is 0. The lowest BCUT2D eigenvalue weighted by Crippen LogP contribution is -2.04. The lowest BCUT2D eigenvalue weighted by molar-refractivity contribution is 0.445. The van der Waals surface area contributed by atoms with E-state index in [9.17, 15) is 0 Å². The summed E-state index contributed by atoms with van der Waals surface area (Å²) in [5.41, 5.74) is 6.10. The van der Waals surface area contributed by atoms with Crippen LogP contribution in [-0.4, -0.2) is 4.57 Å². The number of hydrogen-bond donors (Lipinski definition) is 0. The Kier molecular flexibility index (Phi) is 3.19. The summed E-state index contributed by atoms with van der Waals surface area (Å²) in [5.74, 6) is 0.661. The Morgan fingerprint density at radius 1 is 0.741 bits per heavy atom. The Bertz CT molecular complexity index is 1310. The minimum absolute atomic E-state index is 0.661. The van der Waals surface area contributed by atoms with E-state index in [2.05, 4.69) is 66.2 Å². The lowest BCUT2D eigenvalue weighted by atomic mass is 9.82. The maximum absolute atomic E-state index is 6.34. The van der Waals surface area contributed by atoms with Crippen LogP contribution in [0.15, 0.2) is 59.0 Å². The fraction of sp³-hybridized carbons (Fsp3) is 0.280. The molecule has 0 saturated heterocycles. The van der Waals surface area contributed by atoms with Gasteiger partial charge in [0.25, 0.3) is 0 Å². The number of fused-ring (bicyclic) bond motifs is 7. The molecular formula is C25H23NO. The van der Waals surface area contributed by atoms with Gasteiger partial charge in [0.15, 0.2) is 0 Å². The fourth-order valence-electron chi connectivity index (χ4n) is 5.34. The maximum atomic E-state index is 6.34. The van der Waals surface area contributed by atoms with Crippen molar-refractivity contribution in [1.82, 2.24) is 4.57 Å². The monoisotopic (exact) mass is 353 g/mol. The number of para-hydroxylation sites is 1. The van der Waals surface area contributed by atoms with Gasteiger partial charge >= 0.3 is 0 Å². The van der Waals surface area contributed by atoms with Gasteiger partial charge in [-0.25, -0.2) is 0 Å². The van der Waals surface area contributed by atoms with E-state index in [-0.39, 0.29) is 0 Å². The molecule has 134 valence electrons. The molecular weight excluding hydrogens is 330 g/mol. The second-order valence-electron chi connectivity index (χ2n) is 8.07. The number of aryl methyl sites for hydroxylation is 1. The van der Waals surface area contributed by atoms with E-state index < -0.39 is 0 Å². The van der Waals surface area contributed by atoms with E-state index in [1.165, 1.54) is 70.2 Å². The lowest BCUT2D eigenvalue weighted by Gasteiger charge is -2.22. The molecule has 0 bridgehead atoms. The van der Waals surface area contributed by atoms with Gasteiger partial charge in [-0.1, -0.05) is 49.6 Å². The Labute approximate surface area is 158 Å². The molecule has 0 atom stereocenters. The van der Waals surface area contributed by atoms with Crippen molar-refractivity contribution in [3.63, 3.8) is 0 Å². The molecule has 0 spiro atoms. The molecule has 6 rings (SSSR count). The quantitative estimate of drug-likeness (QED) is 0.310. The number of benzene rings is 3. The van der Waals surface area contributed by atoms with Gasteiger partial charge in [0.1, 0.15) is 11.2 Å². The van der Waals surface area contributed by atoms with Crippen LogP contribution in [0.1, 0.15) is 43.6 Å². The molecule has 1 saturated carbocycles. The topological polar surface area (TPSA) is 18.1 Å². The molecule has 2 nitrogen and oxygen atoms in total. The van der Waals surface area contributed by atoms with Gasteiger partial charge in [-0.3, -0.25) is 0 Å². The normalized spacial score (nSPS) is 16.2. The van der Waals surface area contributed by atoms with Gasteiger partial charge in [-0.15, -0.1) is 0 Å². The molecule has 1 fully saturated rings. The zero-order valence-electron chi connectivity index (χ0n) is 15.7. The van der Waals surface area contributed by atoms with Gasteiger partial charge < -0.3 is 8.98 Å². The third-order valence-corrected chi connectivity index (χ3v) is 6.61. The second kappa shape index (κ2) is 5.63. The van der Waals surface area contributed by atoms with E-state index in [0.717, 1.165) is 11.2 Å². The summed E-state index contributed by atoms with van der Waals surface area (Å²) in [4.78, 5) is 0. The van der Waals surface area contributed by atoms with E-state index in [1.807, 2.05) is 0 Å². The van der Waals surface area contributed by atoms with Crippen molar-refractivity contribution in [2.24, 2.45) is 7.05 Å². The molecule has 0 aliphatic heterocycles. The van der Waals surface area contributed by atoms with E-state index in [0.29, 0.717) is 5.92 Å². The van der Waals surface area contributed by atoms with Crippen molar-refractivity contribution in [2.75, 3.05) is 0 Å². The molecule has 0 unspecified atom stereocenters. The molecule has 5 aromatic rings. The van der Waals surface area contributed by atoms with Crippen molar-refractivity contribution in [3.05, 3.63) is 60.2 Å². The smallest absolute Gasteiger partial charge is 0.136 e. The summed E-state index contributed by atoms with van der Waals surface area (Å²) in [6.07, 6.45) is 6.68. The number of hydrogen-bond acceptors (Lipinski definition) is 1. The predicted molar refractivity (Wildman–Crippen MR) is 114 cm³/mol. The molecule has 27 heavy (non-hydrogen) atoms. The highest BCUT2D eigenvalue weighted by Gasteiger charge is 2.23. The highest BCUT2D eigenvalue weighted by atomic mass is 16.3. The number of aromatic nitrogens is 1. The first-order chi connectivity index (χ1) is 13.3. The minimum Gasteiger partial charge on any atom is -0.456 e. The molecule has 0 N–H and O–H groups in total. The Morgan fingerprint density at radius 3 is 2.44 bits per heavy atom. The standard InChI is InChI=1S/C25H23NO/c1-26-19-12-6-5-10-18(19)23-20(26)14-15-22-25(23)24-17(11-7-13-21(24)27-22)16-8-3-2-4-9-16/h5-7,10-16H,2-4,8-9H2,1H3. The first-order valence-electron chi connectivity index (χ1n) is 10.1. The Morgan fingerprint density at radius 2 is 1.56 bits per heavy atom. The van der Waals surface area contributed by atoms with Gasteiger partial charge in [0.2, 0.25) is 0 Å². The highest BCUT2D eigenvalue weighted by Crippen LogP contribution is 2.44. The van der Waals surface area contributed by atoms with Crippen molar-refractivity contribution in [2.45, 2.75) is 38.0 Å². The SMILES string of the molecule is Cn1c2ccccc2c2c3c(ccc21)oc1cccc(C2CCCCC2)c13. The van der Waals surface area contributed by atoms with Crippen molar-refractivity contribution in [3.8, 4) is 0 Å². The summed E-state index contributed by atoms with van der Waals surface area (Å²) in [5, 5.41) is 5.32. The zero-order chi connectivity index (χ0) is 18.0. The molecule has 0 amide bonds. The molecule has 3 aromatic carbocycles. The molecule has 2 heterocycles. The third-order valence-electron chi connectivity index (χ3n) is 6.61. The van der Waals surface area contributed by atoms with Crippen molar-refractivity contribution < 1.29 is 4.42 Å². The average molecular weight is 353 g/mol. The van der Waals surface area contributed by atoms with Crippen LogP contribution in [0.25, 0.3) is 43.7 Å². The van der Waals surface area contributed by atoms with Crippen LogP contribution < -0.4 is 0 Å². The summed E-state index contributed by atoms with van der Waals surface area (Å²) in [6, 6.07) is 19.8. The van der Waals surface area contributed by atoms with Crippen LogP contribution in [0.5, 0.6) is 0 Å². The second-order valence-corrected chi connectivity index (χ2v) is 8.07. The van der Waals surface area contributed by atoms with E-state index in [4.69, 9.17) is 4.42 Å². The Hall–Kier alpha value is -2.74. The molecule has 2 heteroatoms. The fourth-order valence-corrected chi connectivity index (χ4v) is 5.34. The first-order valence-corrected chi connectivity index (χ1v) is 10.1. The number of nitrogens with zero attached hydrogens (tertiary/aromatic N) is 1. The van der Waals surface area contributed by atoms with Gasteiger partial charge in [-0.2, -0.15) is 0 Å². The summed E-state index contributed by atoms with van der Waals surface area (Å²) in [7, 11) is 2.17. The number of furan rings is 1. The van der Waals surface area contributed by atoms with E-state index in [1.54, 1.807) is 0 Å². The molecule has 2 aromatic heterocycles. The van der Waals surface area contributed by atoms with Crippen molar-refractivity contribution in [1.29, 1.82) is 0 Å². The average Bonchev–Trinajstić information content (AvgIpc) is 3.24. The van der Waals surface area contributed by atoms with Gasteiger partial charge in [0, 0.05) is 39.6 Å². The number of rotatable bonds is 1. The molecule has 1 aliphatic carbocycles. The van der Waals surface area contributed by atoms with Gasteiger partial charge in [-0.05, 0) is 48.6 Å². The van der Waals surface area contributed by atoms with Crippen LogP contribution >= 0.6 is 0 Å². The first kappa shape index (κ1) is 15.3. The van der Waals surface area contributed by atoms with Crippen LogP contribution in [0.2, 0.25) is 0 Å². The van der Waals surface area contributed by atoms with Crippen LogP contribution in [0.4, 0.5) is 0 Å². The Balaban J connectivity index is 1.81. The minimum atomic E-state index is 0.661. The highest BCUT2D eigenvalue weighted by molar-refractivity contribution is 6.27. The van der Waals surface area contributed by atoms with Crippen LogP contribution in [0.3, 0.4) is 0 Å². The van der Waals surface area contributed by atoms with Gasteiger partial charge in [0.05, 0.1) is 0 Å². The maximum Gasteiger partial charge on any atom is 0.136 e.